The average Bonchev–Trinajstić information content (AvgIpc) is 2.28. The minimum atomic E-state index is -3.60. The lowest BCUT2D eigenvalue weighted by atomic mass is 10.2. The van der Waals surface area contributed by atoms with Crippen molar-refractivity contribution in [2.75, 3.05) is 6.54 Å². The van der Waals surface area contributed by atoms with Gasteiger partial charge in [0.1, 0.15) is 0 Å². The lowest BCUT2D eigenvalue weighted by molar-refractivity contribution is -0.137. The van der Waals surface area contributed by atoms with Crippen LogP contribution in [0.15, 0.2) is 23.1 Å². The summed E-state index contributed by atoms with van der Waals surface area (Å²) in [5.74, 6) is -0.948. The molecule has 1 rings (SSSR count). The largest absolute Gasteiger partial charge is 0.481 e. The van der Waals surface area contributed by atoms with Crippen LogP contribution in [0.4, 0.5) is 0 Å². The summed E-state index contributed by atoms with van der Waals surface area (Å²) in [5.41, 5.74) is 0.671. The van der Waals surface area contributed by atoms with Crippen molar-refractivity contribution in [3.63, 3.8) is 0 Å². The zero-order valence-electron chi connectivity index (χ0n) is 9.81. The number of hydrogen-bond acceptors (Lipinski definition) is 3. The number of aliphatic carboxylic acids is 1. The van der Waals surface area contributed by atoms with Gasteiger partial charge in [-0.05, 0) is 37.1 Å². The van der Waals surface area contributed by atoms with Crippen LogP contribution in [0.3, 0.4) is 0 Å². The first-order valence-corrected chi connectivity index (χ1v) is 7.16. The van der Waals surface area contributed by atoms with Crippen molar-refractivity contribution in [1.29, 1.82) is 0 Å². The van der Waals surface area contributed by atoms with E-state index in [9.17, 15) is 13.2 Å². The maximum atomic E-state index is 11.8. The Kier molecular flexibility index (Phi) is 5.13. The summed E-state index contributed by atoms with van der Waals surface area (Å²) in [5, 5.41) is 8.93. The van der Waals surface area contributed by atoms with E-state index in [1.54, 1.807) is 6.92 Å². The van der Waals surface area contributed by atoms with E-state index in [2.05, 4.69) is 4.72 Å². The molecule has 5 nitrogen and oxygen atoms in total. The lowest BCUT2D eigenvalue weighted by Crippen LogP contribution is -2.25. The minimum Gasteiger partial charge on any atom is -0.481 e. The van der Waals surface area contributed by atoms with Gasteiger partial charge >= 0.3 is 5.97 Å². The molecule has 0 aromatic heterocycles. The topological polar surface area (TPSA) is 83.5 Å². The van der Waals surface area contributed by atoms with E-state index in [1.807, 2.05) is 0 Å². The van der Waals surface area contributed by atoms with Gasteiger partial charge in [-0.15, -0.1) is 0 Å². The highest BCUT2D eigenvalue weighted by Crippen LogP contribution is 2.19. The molecule has 2 N–H and O–H groups in total. The molecule has 0 spiro atoms. The summed E-state index contributed by atoms with van der Waals surface area (Å²) in [6.07, 6.45) is 0.184. The van der Waals surface area contributed by atoms with Crippen LogP contribution in [0.2, 0.25) is 5.02 Å². The van der Waals surface area contributed by atoms with Gasteiger partial charge in [0, 0.05) is 18.0 Å². The highest BCUT2D eigenvalue weighted by molar-refractivity contribution is 7.89. The Morgan fingerprint density at radius 2 is 2.11 bits per heavy atom. The second-order valence-corrected chi connectivity index (χ2v) is 5.98. The third-order valence-corrected chi connectivity index (χ3v) is 4.18. The van der Waals surface area contributed by atoms with Crippen LogP contribution in [0, 0.1) is 6.92 Å². The number of carboxylic acids is 1. The van der Waals surface area contributed by atoms with Crippen LogP contribution < -0.4 is 4.72 Å². The normalized spacial score (nSPS) is 11.4. The molecule has 0 saturated carbocycles. The van der Waals surface area contributed by atoms with E-state index >= 15 is 0 Å². The molecule has 0 atom stereocenters. The molecule has 7 heteroatoms. The number of nitrogens with one attached hydrogen (secondary N) is 1. The number of rotatable bonds is 6. The van der Waals surface area contributed by atoms with E-state index in [0.717, 1.165) is 0 Å². The smallest absolute Gasteiger partial charge is 0.303 e. The van der Waals surface area contributed by atoms with Crippen molar-refractivity contribution in [1.82, 2.24) is 4.72 Å². The van der Waals surface area contributed by atoms with Gasteiger partial charge in [-0.3, -0.25) is 4.79 Å². The second kappa shape index (κ2) is 6.17. The summed E-state index contributed by atoms with van der Waals surface area (Å²) < 4.78 is 26.0. The summed E-state index contributed by atoms with van der Waals surface area (Å²) in [6, 6.07) is 4.40. The quantitative estimate of drug-likeness (QED) is 0.783. The van der Waals surface area contributed by atoms with Crippen LogP contribution in [0.1, 0.15) is 18.4 Å². The number of benzene rings is 1. The first-order valence-electron chi connectivity index (χ1n) is 5.30. The first-order chi connectivity index (χ1) is 8.33. The fourth-order valence-corrected chi connectivity index (χ4v) is 2.59. The molecular weight excluding hydrogens is 278 g/mol. The number of carbonyl (C=O) groups is 1. The zero-order valence-corrected chi connectivity index (χ0v) is 11.4. The maximum absolute atomic E-state index is 11.8. The molecule has 18 heavy (non-hydrogen) atoms. The first kappa shape index (κ1) is 14.9. The maximum Gasteiger partial charge on any atom is 0.303 e. The van der Waals surface area contributed by atoms with Crippen molar-refractivity contribution in [3.05, 3.63) is 28.8 Å². The summed E-state index contributed by atoms with van der Waals surface area (Å²) in [7, 11) is -3.60. The van der Waals surface area contributed by atoms with Gasteiger partial charge in [0.2, 0.25) is 10.0 Å². The molecule has 0 unspecified atom stereocenters. The molecule has 100 valence electrons. The highest BCUT2D eigenvalue weighted by Gasteiger charge is 2.14. The summed E-state index contributed by atoms with van der Waals surface area (Å²) in [4.78, 5) is 10.4. The van der Waals surface area contributed by atoms with Crippen LogP contribution in [0.5, 0.6) is 0 Å². The third kappa shape index (κ3) is 4.29. The van der Waals surface area contributed by atoms with E-state index in [4.69, 9.17) is 16.7 Å². The van der Waals surface area contributed by atoms with Crippen molar-refractivity contribution < 1.29 is 18.3 Å². The summed E-state index contributed by atoms with van der Waals surface area (Å²) in [6.45, 7) is 1.81. The minimum absolute atomic E-state index is 0.0673. The standard InChI is InChI=1S/C11H14ClNO4S/c1-8-7-9(4-5-10(8)12)18(16,17)13-6-2-3-11(14)15/h4-5,7,13H,2-3,6H2,1H3,(H,14,15). The molecule has 0 heterocycles. The molecule has 0 amide bonds. The Morgan fingerprint density at radius 3 is 2.67 bits per heavy atom. The molecule has 0 aliphatic rings. The SMILES string of the molecule is Cc1cc(S(=O)(=O)NCCCC(=O)O)ccc1Cl. The molecule has 0 saturated heterocycles. The average molecular weight is 292 g/mol. The molecule has 0 bridgehead atoms. The Morgan fingerprint density at radius 1 is 1.44 bits per heavy atom. The van der Waals surface area contributed by atoms with Gasteiger partial charge in [-0.25, -0.2) is 13.1 Å². The van der Waals surface area contributed by atoms with Crippen molar-refractivity contribution >= 4 is 27.6 Å². The van der Waals surface area contributed by atoms with Crippen molar-refractivity contribution in [3.8, 4) is 0 Å². The van der Waals surface area contributed by atoms with Gasteiger partial charge in [-0.2, -0.15) is 0 Å². The summed E-state index contributed by atoms with van der Waals surface area (Å²) >= 11 is 5.81. The zero-order chi connectivity index (χ0) is 13.8. The van der Waals surface area contributed by atoms with Gasteiger partial charge in [0.15, 0.2) is 0 Å². The molecular formula is C11H14ClNO4S. The molecule has 0 aliphatic heterocycles. The van der Waals surface area contributed by atoms with E-state index in [1.165, 1.54) is 18.2 Å². The van der Waals surface area contributed by atoms with E-state index in [0.29, 0.717) is 10.6 Å². The van der Waals surface area contributed by atoms with Crippen molar-refractivity contribution in [2.45, 2.75) is 24.7 Å². The Balaban J connectivity index is 2.68. The predicted octanol–water partition coefficient (Wildman–Crippen LogP) is 1.79. The fraction of sp³-hybridized carbons (Fsp3) is 0.364. The predicted molar refractivity (Wildman–Crippen MR) is 68.2 cm³/mol. The van der Waals surface area contributed by atoms with Crippen LogP contribution in [-0.4, -0.2) is 26.0 Å². The van der Waals surface area contributed by atoms with Crippen LogP contribution in [0.25, 0.3) is 0 Å². The molecule has 0 aliphatic carbocycles. The Bertz CT molecular complexity index is 542. The van der Waals surface area contributed by atoms with E-state index < -0.39 is 16.0 Å². The van der Waals surface area contributed by atoms with Crippen LogP contribution >= 0.6 is 11.6 Å². The molecule has 1 aromatic rings. The third-order valence-electron chi connectivity index (χ3n) is 2.30. The molecule has 1 aromatic carbocycles. The van der Waals surface area contributed by atoms with Crippen molar-refractivity contribution in [2.24, 2.45) is 0 Å². The van der Waals surface area contributed by atoms with Gasteiger partial charge in [-0.1, -0.05) is 11.6 Å². The Labute approximate surface area is 111 Å². The molecule has 0 radical (unpaired) electrons. The lowest BCUT2D eigenvalue weighted by Gasteiger charge is -2.07. The number of halogens is 1. The number of aryl methyl sites for hydroxylation is 1. The van der Waals surface area contributed by atoms with Gasteiger partial charge in [0.25, 0.3) is 0 Å². The van der Waals surface area contributed by atoms with Gasteiger partial charge in [0.05, 0.1) is 4.90 Å². The van der Waals surface area contributed by atoms with Crippen LogP contribution in [-0.2, 0) is 14.8 Å². The molecule has 0 fully saturated rings. The fourth-order valence-electron chi connectivity index (χ4n) is 1.31. The number of hydrogen-bond donors (Lipinski definition) is 2. The number of sulfonamides is 1. The van der Waals surface area contributed by atoms with Gasteiger partial charge < -0.3 is 5.11 Å². The number of carboxylic acid groups (broad SMARTS) is 1. The second-order valence-electron chi connectivity index (χ2n) is 3.81. The monoisotopic (exact) mass is 291 g/mol. The highest BCUT2D eigenvalue weighted by atomic mass is 35.5. The van der Waals surface area contributed by atoms with E-state index in [-0.39, 0.29) is 24.3 Å². The Hall–Kier alpha value is -1.11.